The van der Waals surface area contributed by atoms with Gasteiger partial charge in [-0.25, -0.2) is 9.98 Å². The van der Waals surface area contributed by atoms with Crippen molar-refractivity contribution in [2.24, 2.45) is 9.98 Å². The maximum atomic E-state index is 4.45. The number of nitrogens with zero attached hydrogens (tertiary/aromatic N) is 3. The number of hydrogen-bond donors (Lipinski definition) is 0. The fourth-order valence-corrected chi connectivity index (χ4v) is 1.69. The third-order valence-electron chi connectivity index (χ3n) is 2.37. The second kappa shape index (κ2) is 2.42. The fraction of sp³-hybridized carbons (Fsp3) is 0.200. The molecular formula is C10H9N3. The van der Waals surface area contributed by atoms with E-state index in [2.05, 4.69) is 21.0 Å². The quantitative estimate of drug-likeness (QED) is 0.536. The molecular weight excluding hydrogens is 162 g/mol. The highest BCUT2D eigenvalue weighted by atomic mass is 15.3. The van der Waals surface area contributed by atoms with Gasteiger partial charge in [0.05, 0.1) is 0 Å². The van der Waals surface area contributed by atoms with E-state index in [-0.39, 0.29) is 0 Å². The molecule has 3 nitrogen and oxygen atoms in total. The van der Waals surface area contributed by atoms with Gasteiger partial charge in [0.2, 0.25) is 0 Å². The molecule has 0 aromatic carbocycles. The van der Waals surface area contributed by atoms with E-state index in [0.29, 0.717) is 0 Å². The van der Waals surface area contributed by atoms with Crippen molar-refractivity contribution in [2.45, 2.75) is 0 Å². The number of amidine groups is 1. The predicted molar refractivity (Wildman–Crippen MR) is 52.8 cm³/mol. The number of allylic oxidation sites excluding steroid dienone is 3. The van der Waals surface area contributed by atoms with Crippen molar-refractivity contribution in [3.05, 3.63) is 35.7 Å². The lowest BCUT2D eigenvalue weighted by Gasteiger charge is -2.29. The van der Waals surface area contributed by atoms with Gasteiger partial charge in [-0.2, -0.15) is 0 Å². The Morgan fingerprint density at radius 3 is 3.31 bits per heavy atom. The molecule has 0 amide bonds. The van der Waals surface area contributed by atoms with Crippen molar-refractivity contribution in [3.8, 4) is 0 Å². The van der Waals surface area contributed by atoms with Crippen LogP contribution in [-0.2, 0) is 0 Å². The van der Waals surface area contributed by atoms with Crippen LogP contribution in [0.4, 0.5) is 0 Å². The molecule has 3 aliphatic heterocycles. The average Bonchev–Trinajstić information content (AvgIpc) is 2.61. The highest BCUT2D eigenvalue weighted by molar-refractivity contribution is 6.12. The van der Waals surface area contributed by atoms with Crippen LogP contribution >= 0.6 is 0 Å². The van der Waals surface area contributed by atoms with Crippen LogP contribution in [0.15, 0.2) is 45.7 Å². The first-order valence-corrected chi connectivity index (χ1v) is 4.37. The van der Waals surface area contributed by atoms with Crippen molar-refractivity contribution in [1.82, 2.24) is 4.90 Å². The van der Waals surface area contributed by atoms with Gasteiger partial charge in [0.15, 0.2) is 5.84 Å². The zero-order chi connectivity index (χ0) is 8.67. The molecule has 0 spiro atoms. The monoisotopic (exact) mass is 171 g/mol. The van der Waals surface area contributed by atoms with Gasteiger partial charge in [0.1, 0.15) is 5.82 Å². The summed E-state index contributed by atoms with van der Waals surface area (Å²) in [4.78, 5) is 10.9. The summed E-state index contributed by atoms with van der Waals surface area (Å²) in [6.45, 7) is 1.90. The van der Waals surface area contributed by atoms with E-state index in [1.165, 1.54) is 5.57 Å². The Kier molecular flexibility index (Phi) is 1.27. The molecule has 0 saturated carbocycles. The zero-order valence-corrected chi connectivity index (χ0v) is 7.14. The Labute approximate surface area is 76.5 Å². The van der Waals surface area contributed by atoms with Gasteiger partial charge < -0.3 is 4.90 Å². The highest BCUT2D eigenvalue weighted by Crippen LogP contribution is 2.22. The molecule has 0 aromatic heterocycles. The molecule has 13 heavy (non-hydrogen) atoms. The maximum absolute atomic E-state index is 4.45. The van der Waals surface area contributed by atoms with Gasteiger partial charge in [-0.15, -0.1) is 0 Å². The lowest BCUT2D eigenvalue weighted by atomic mass is 10.2. The van der Waals surface area contributed by atoms with Gasteiger partial charge in [-0.05, 0) is 12.2 Å². The summed E-state index contributed by atoms with van der Waals surface area (Å²) >= 11 is 0. The zero-order valence-electron chi connectivity index (χ0n) is 7.14. The Balaban J connectivity index is 2.07. The van der Waals surface area contributed by atoms with E-state index in [4.69, 9.17) is 0 Å². The summed E-state index contributed by atoms with van der Waals surface area (Å²) in [7, 11) is 0. The standard InChI is InChI=1S/C10H9N3/c1-2-6-13-7-8-4-5-11-10(8)12-9(13)3-1/h1-5H,6-7H2. The van der Waals surface area contributed by atoms with E-state index in [1.807, 2.05) is 24.4 Å². The van der Waals surface area contributed by atoms with Crippen molar-refractivity contribution >= 4 is 12.1 Å². The highest BCUT2D eigenvalue weighted by Gasteiger charge is 2.22. The number of aliphatic imine (C=N–C) groups is 2. The molecule has 3 rings (SSSR count). The molecule has 64 valence electrons. The minimum atomic E-state index is 0.887. The Morgan fingerprint density at radius 2 is 2.31 bits per heavy atom. The van der Waals surface area contributed by atoms with Crippen LogP contribution in [0.2, 0.25) is 0 Å². The molecule has 0 saturated heterocycles. The molecule has 3 aliphatic rings. The summed E-state index contributed by atoms with van der Waals surface area (Å²) in [5.74, 6) is 1.92. The molecule has 3 heteroatoms. The second-order valence-electron chi connectivity index (χ2n) is 3.24. The summed E-state index contributed by atoms with van der Waals surface area (Å²) in [5, 5.41) is 0. The first-order valence-electron chi connectivity index (χ1n) is 4.37. The van der Waals surface area contributed by atoms with E-state index in [1.54, 1.807) is 0 Å². The van der Waals surface area contributed by atoms with Gasteiger partial charge >= 0.3 is 0 Å². The van der Waals surface area contributed by atoms with Crippen LogP contribution in [-0.4, -0.2) is 30.0 Å². The van der Waals surface area contributed by atoms with Gasteiger partial charge in [0, 0.05) is 24.9 Å². The van der Waals surface area contributed by atoms with Crippen LogP contribution in [0, 0.1) is 0 Å². The van der Waals surface area contributed by atoms with Crippen LogP contribution in [0.3, 0.4) is 0 Å². The van der Waals surface area contributed by atoms with Gasteiger partial charge in [-0.3, -0.25) is 0 Å². The summed E-state index contributed by atoms with van der Waals surface area (Å²) in [6, 6.07) is 0. The summed E-state index contributed by atoms with van der Waals surface area (Å²) < 4.78 is 0. The van der Waals surface area contributed by atoms with Gasteiger partial charge in [0.25, 0.3) is 0 Å². The van der Waals surface area contributed by atoms with Crippen LogP contribution < -0.4 is 0 Å². The van der Waals surface area contributed by atoms with Crippen molar-refractivity contribution in [1.29, 1.82) is 0 Å². The Bertz CT molecular complexity index is 396. The molecule has 0 radical (unpaired) electrons. The molecule has 0 atom stereocenters. The lowest BCUT2D eigenvalue weighted by molar-refractivity contribution is 0.400. The Hall–Kier alpha value is -1.64. The lowest BCUT2D eigenvalue weighted by Crippen LogP contribution is -2.31. The predicted octanol–water partition coefficient (Wildman–Crippen LogP) is 1.12. The average molecular weight is 171 g/mol. The first kappa shape index (κ1) is 6.83. The van der Waals surface area contributed by atoms with E-state index < -0.39 is 0 Å². The van der Waals surface area contributed by atoms with Crippen molar-refractivity contribution in [2.75, 3.05) is 13.1 Å². The number of hydrogen-bond acceptors (Lipinski definition) is 3. The SMILES string of the molecule is C1=CCN2CC3=CC=NC3=NC2=C1. The van der Waals surface area contributed by atoms with Crippen LogP contribution in [0.1, 0.15) is 0 Å². The minimum Gasteiger partial charge on any atom is -0.348 e. The van der Waals surface area contributed by atoms with Crippen molar-refractivity contribution in [3.63, 3.8) is 0 Å². The number of rotatable bonds is 0. The van der Waals surface area contributed by atoms with E-state index in [9.17, 15) is 0 Å². The molecule has 0 fully saturated rings. The third-order valence-corrected chi connectivity index (χ3v) is 2.37. The van der Waals surface area contributed by atoms with Crippen LogP contribution in [0.5, 0.6) is 0 Å². The molecule has 0 aromatic rings. The normalized spacial score (nSPS) is 23.4. The van der Waals surface area contributed by atoms with Crippen LogP contribution in [0.25, 0.3) is 0 Å². The van der Waals surface area contributed by atoms with Crippen molar-refractivity contribution < 1.29 is 0 Å². The third kappa shape index (κ3) is 0.967. The van der Waals surface area contributed by atoms with Gasteiger partial charge in [-0.1, -0.05) is 12.2 Å². The van der Waals surface area contributed by atoms with E-state index >= 15 is 0 Å². The number of fused-ring (bicyclic) bond motifs is 2. The minimum absolute atomic E-state index is 0.887. The molecule has 0 unspecified atom stereocenters. The molecule has 3 heterocycles. The summed E-state index contributed by atoms with van der Waals surface area (Å²) in [5.41, 5.74) is 1.23. The molecule has 0 bridgehead atoms. The van der Waals surface area contributed by atoms with E-state index in [0.717, 1.165) is 24.7 Å². The molecule has 0 N–H and O–H groups in total. The largest absolute Gasteiger partial charge is 0.348 e. The maximum Gasteiger partial charge on any atom is 0.159 e. The second-order valence-corrected chi connectivity index (χ2v) is 3.24. The summed E-state index contributed by atoms with van der Waals surface area (Å²) in [6.07, 6.45) is 10.1. The smallest absolute Gasteiger partial charge is 0.159 e. The molecule has 0 aliphatic carbocycles. The fourth-order valence-electron chi connectivity index (χ4n) is 1.69. The first-order chi connectivity index (χ1) is 6.43. The topological polar surface area (TPSA) is 28.0 Å². The Morgan fingerprint density at radius 1 is 1.31 bits per heavy atom.